The second-order valence-electron chi connectivity index (χ2n) is 2.98. The molecule has 0 aliphatic rings. The summed E-state index contributed by atoms with van der Waals surface area (Å²) in [5, 5.41) is -0.185. The molecule has 0 amide bonds. The predicted molar refractivity (Wildman–Crippen MR) is 60.7 cm³/mol. The third kappa shape index (κ3) is 2.44. The first-order valence-electron chi connectivity index (χ1n) is 4.17. The molecule has 0 unspecified atom stereocenters. The Kier molecular flexibility index (Phi) is 3.75. The average Bonchev–Trinajstić information content (AvgIpc) is 2.22. The molecule has 1 aromatic heterocycles. The Labute approximate surface area is 98.1 Å². The first-order chi connectivity index (χ1) is 7.39. The van der Waals surface area contributed by atoms with Crippen LogP contribution in [0.3, 0.4) is 0 Å². The van der Waals surface area contributed by atoms with Crippen LogP contribution in [0.2, 0.25) is 5.02 Å². The van der Waals surface area contributed by atoms with Gasteiger partial charge in [-0.1, -0.05) is 17.5 Å². The fourth-order valence-electron chi connectivity index (χ4n) is 0.980. The summed E-state index contributed by atoms with van der Waals surface area (Å²) in [5.74, 6) is 2.21. The normalized spacial score (nSPS) is 11.4. The lowest BCUT2D eigenvalue weighted by Crippen LogP contribution is -2.27. The van der Waals surface area contributed by atoms with E-state index in [2.05, 4.69) is 10.9 Å². The maximum Gasteiger partial charge on any atom is 0.266 e. The molecule has 1 aromatic rings. The summed E-state index contributed by atoms with van der Waals surface area (Å²) in [4.78, 5) is 13.1. The lowest BCUT2D eigenvalue weighted by molar-refractivity contribution is 0.502. The van der Waals surface area contributed by atoms with Gasteiger partial charge in [0.2, 0.25) is 10.0 Å². The van der Waals surface area contributed by atoms with E-state index in [-0.39, 0.29) is 16.5 Å². The third-order valence-corrected chi connectivity index (χ3v) is 3.92. The average molecular weight is 261 g/mol. The number of pyridine rings is 1. The van der Waals surface area contributed by atoms with Crippen LogP contribution < -0.4 is 5.56 Å². The van der Waals surface area contributed by atoms with E-state index in [1.807, 2.05) is 0 Å². The highest BCUT2D eigenvalue weighted by Crippen LogP contribution is 2.14. The van der Waals surface area contributed by atoms with Crippen molar-refractivity contribution in [3.05, 3.63) is 27.6 Å². The largest absolute Gasteiger partial charge is 0.326 e. The summed E-state index contributed by atoms with van der Waals surface area (Å²) in [7, 11) is -2.36. The summed E-state index contributed by atoms with van der Waals surface area (Å²) < 4.78 is 24.7. The first-order valence-corrected chi connectivity index (χ1v) is 5.99. The fourth-order valence-corrected chi connectivity index (χ4v) is 2.30. The predicted octanol–water partition coefficient (Wildman–Crippen LogP) is 0.282. The molecule has 5 nitrogen and oxygen atoms in total. The highest BCUT2D eigenvalue weighted by atomic mass is 35.5. The summed E-state index contributed by atoms with van der Waals surface area (Å²) in [6.45, 7) is -0.0565. The molecule has 0 aromatic carbocycles. The van der Waals surface area contributed by atoms with Gasteiger partial charge < -0.3 is 4.98 Å². The van der Waals surface area contributed by atoms with E-state index < -0.39 is 15.6 Å². The second kappa shape index (κ2) is 4.70. The zero-order chi connectivity index (χ0) is 12.3. The van der Waals surface area contributed by atoms with Gasteiger partial charge in [-0.25, -0.2) is 8.42 Å². The van der Waals surface area contributed by atoms with E-state index in [0.29, 0.717) is 0 Å². The summed E-state index contributed by atoms with van der Waals surface area (Å²) in [6, 6.07) is 1.09. The number of hydrogen-bond acceptors (Lipinski definition) is 3. The van der Waals surface area contributed by atoms with Crippen molar-refractivity contribution in [3.8, 4) is 12.3 Å². The second-order valence-corrected chi connectivity index (χ2v) is 5.43. The molecule has 0 saturated carbocycles. The van der Waals surface area contributed by atoms with Gasteiger partial charge in [0.15, 0.2) is 0 Å². The van der Waals surface area contributed by atoms with E-state index in [0.717, 1.165) is 16.6 Å². The van der Waals surface area contributed by atoms with Gasteiger partial charge in [0.1, 0.15) is 5.02 Å². The van der Waals surface area contributed by atoms with Crippen molar-refractivity contribution < 1.29 is 8.42 Å². The van der Waals surface area contributed by atoms with Crippen LogP contribution >= 0.6 is 11.6 Å². The lowest BCUT2D eigenvalue weighted by Gasteiger charge is -2.13. The van der Waals surface area contributed by atoms with Crippen molar-refractivity contribution >= 4 is 21.6 Å². The number of aromatic nitrogens is 1. The Bertz CT molecular complexity index is 586. The Balaban J connectivity index is 3.24. The number of aromatic amines is 1. The molecule has 0 fully saturated rings. The number of hydrogen-bond donors (Lipinski definition) is 1. The van der Waals surface area contributed by atoms with Crippen molar-refractivity contribution in [3.63, 3.8) is 0 Å². The number of sulfonamides is 1. The van der Waals surface area contributed by atoms with Crippen LogP contribution in [0.4, 0.5) is 0 Å². The number of rotatable bonds is 3. The fraction of sp³-hybridized carbons (Fsp3) is 0.222. The number of terminal acetylenes is 1. The van der Waals surface area contributed by atoms with E-state index in [9.17, 15) is 13.2 Å². The van der Waals surface area contributed by atoms with Gasteiger partial charge in [-0.05, 0) is 6.07 Å². The quantitative estimate of drug-likeness (QED) is 0.794. The van der Waals surface area contributed by atoms with Crippen molar-refractivity contribution in [1.29, 1.82) is 0 Å². The maximum atomic E-state index is 11.8. The van der Waals surface area contributed by atoms with E-state index >= 15 is 0 Å². The molecule has 1 heterocycles. The molecule has 0 bridgehead atoms. The van der Waals surface area contributed by atoms with Crippen LogP contribution in [-0.2, 0) is 10.0 Å². The SMILES string of the molecule is C#CCN(C)S(=O)(=O)c1c[nH]c(=O)c(Cl)c1. The van der Waals surface area contributed by atoms with Crippen LogP contribution in [-0.4, -0.2) is 31.3 Å². The van der Waals surface area contributed by atoms with Gasteiger partial charge in [0.05, 0.1) is 11.4 Å². The monoisotopic (exact) mass is 260 g/mol. The minimum absolute atomic E-state index is 0.0565. The molecular weight excluding hydrogens is 252 g/mol. The molecule has 86 valence electrons. The lowest BCUT2D eigenvalue weighted by atomic mass is 10.5. The number of H-pyrrole nitrogens is 1. The molecule has 1 N–H and O–H groups in total. The van der Waals surface area contributed by atoms with Crippen molar-refractivity contribution in [2.45, 2.75) is 4.90 Å². The highest BCUT2D eigenvalue weighted by Gasteiger charge is 2.20. The van der Waals surface area contributed by atoms with E-state index in [1.54, 1.807) is 0 Å². The molecule has 0 aliphatic carbocycles. The molecule has 1 rings (SSSR count). The van der Waals surface area contributed by atoms with Crippen molar-refractivity contribution in [2.75, 3.05) is 13.6 Å². The van der Waals surface area contributed by atoms with Gasteiger partial charge in [-0.15, -0.1) is 6.42 Å². The summed E-state index contributed by atoms with van der Waals surface area (Å²) in [6.07, 6.45) is 6.10. The molecule has 0 aliphatic heterocycles. The highest BCUT2D eigenvalue weighted by molar-refractivity contribution is 7.89. The molecule has 0 atom stereocenters. The van der Waals surface area contributed by atoms with Gasteiger partial charge in [0.25, 0.3) is 5.56 Å². The Morgan fingerprint density at radius 1 is 1.62 bits per heavy atom. The zero-order valence-corrected chi connectivity index (χ0v) is 9.97. The Hall–Kier alpha value is -1.29. The molecular formula is C9H9ClN2O3S. The van der Waals surface area contributed by atoms with Crippen LogP contribution in [0.5, 0.6) is 0 Å². The van der Waals surface area contributed by atoms with Crippen LogP contribution in [0.25, 0.3) is 0 Å². The number of halogens is 1. The van der Waals surface area contributed by atoms with Crippen molar-refractivity contribution in [1.82, 2.24) is 9.29 Å². The first kappa shape index (κ1) is 12.8. The number of nitrogens with one attached hydrogen (secondary N) is 1. The number of nitrogens with zero attached hydrogens (tertiary/aromatic N) is 1. The van der Waals surface area contributed by atoms with Crippen LogP contribution in [0.1, 0.15) is 0 Å². The summed E-state index contributed by atoms with van der Waals surface area (Å²) >= 11 is 5.53. The minimum Gasteiger partial charge on any atom is -0.326 e. The summed E-state index contributed by atoms with van der Waals surface area (Å²) in [5.41, 5.74) is -0.541. The van der Waals surface area contributed by atoms with Gasteiger partial charge >= 0.3 is 0 Å². The Morgan fingerprint density at radius 3 is 2.75 bits per heavy atom. The third-order valence-electron chi connectivity index (χ3n) is 1.85. The van der Waals surface area contributed by atoms with Crippen LogP contribution in [0, 0.1) is 12.3 Å². The Morgan fingerprint density at radius 2 is 2.25 bits per heavy atom. The molecule has 16 heavy (non-hydrogen) atoms. The van der Waals surface area contributed by atoms with Crippen molar-refractivity contribution in [2.24, 2.45) is 0 Å². The molecule has 7 heteroatoms. The minimum atomic E-state index is -3.70. The van der Waals surface area contributed by atoms with E-state index in [1.165, 1.54) is 7.05 Å². The molecule has 0 radical (unpaired) electrons. The van der Waals surface area contributed by atoms with Gasteiger partial charge in [-0.3, -0.25) is 4.79 Å². The topological polar surface area (TPSA) is 70.2 Å². The molecule has 0 spiro atoms. The molecule has 0 saturated heterocycles. The van der Waals surface area contributed by atoms with Crippen LogP contribution in [0.15, 0.2) is 22.0 Å². The standard InChI is InChI=1S/C9H9ClN2O3S/c1-3-4-12(2)16(14,15)7-5-8(10)9(13)11-6-7/h1,5-6H,4H2,2H3,(H,11,13). The smallest absolute Gasteiger partial charge is 0.266 e. The maximum absolute atomic E-state index is 11.8. The van der Waals surface area contributed by atoms with E-state index in [4.69, 9.17) is 18.0 Å². The van der Waals surface area contributed by atoms with Gasteiger partial charge in [0, 0.05) is 13.2 Å². The zero-order valence-electron chi connectivity index (χ0n) is 8.40. The van der Waals surface area contributed by atoms with Gasteiger partial charge in [-0.2, -0.15) is 4.31 Å².